The number of rotatable bonds is 7. The molecule has 1 unspecified atom stereocenters. The predicted octanol–water partition coefficient (Wildman–Crippen LogP) is 2.05. The van der Waals surface area contributed by atoms with Crippen molar-refractivity contribution < 1.29 is 13.9 Å². The van der Waals surface area contributed by atoms with E-state index in [1.54, 1.807) is 7.05 Å². The summed E-state index contributed by atoms with van der Waals surface area (Å²) in [6.07, 6.45) is 1.07. The molecule has 0 saturated heterocycles. The third kappa shape index (κ3) is 4.45. The molecule has 0 saturated carbocycles. The number of halogens is 1. The topological polar surface area (TPSA) is 63.2 Å². The molecule has 0 fully saturated rings. The second-order valence-corrected chi connectivity index (χ2v) is 4.78. The molecule has 0 aromatic carbocycles. The van der Waals surface area contributed by atoms with Gasteiger partial charge < -0.3 is 15.4 Å². The van der Waals surface area contributed by atoms with Gasteiger partial charge in [0, 0.05) is 13.7 Å². The molecule has 0 aliphatic heterocycles. The Balaban J connectivity index is 2.85. The standard InChI is InChI=1S/C14H22FN3O2/c1-5-20-8-12(9(2)3)18-14(19)11-6-10(15)7-17-13(11)16-4/h6-7,9,12H,5,8H2,1-4H3,(H,16,17)(H,18,19). The molecule has 0 radical (unpaired) electrons. The number of carbonyl (C=O) groups excluding carboxylic acids is 1. The van der Waals surface area contributed by atoms with Crippen molar-refractivity contribution in [3.63, 3.8) is 0 Å². The lowest BCUT2D eigenvalue weighted by atomic mass is 10.0. The van der Waals surface area contributed by atoms with E-state index in [1.165, 1.54) is 6.07 Å². The number of nitrogens with one attached hydrogen (secondary N) is 2. The van der Waals surface area contributed by atoms with Crippen molar-refractivity contribution in [2.75, 3.05) is 25.6 Å². The summed E-state index contributed by atoms with van der Waals surface area (Å²) in [6.45, 7) is 6.90. The van der Waals surface area contributed by atoms with Crippen LogP contribution in [0.3, 0.4) is 0 Å². The fourth-order valence-corrected chi connectivity index (χ4v) is 1.70. The maximum absolute atomic E-state index is 13.2. The van der Waals surface area contributed by atoms with E-state index in [1.807, 2.05) is 20.8 Å². The molecule has 0 bridgehead atoms. The Kier molecular flexibility index (Phi) is 6.38. The molecule has 1 rings (SSSR count). The summed E-state index contributed by atoms with van der Waals surface area (Å²) in [6, 6.07) is 1.04. The van der Waals surface area contributed by atoms with Crippen molar-refractivity contribution in [3.05, 3.63) is 23.6 Å². The first-order valence-electron chi connectivity index (χ1n) is 6.71. The van der Waals surface area contributed by atoms with E-state index in [2.05, 4.69) is 15.6 Å². The van der Waals surface area contributed by atoms with Crippen molar-refractivity contribution in [2.45, 2.75) is 26.8 Å². The number of pyridine rings is 1. The number of hydrogen-bond acceptors (Lipinski definition) is 4. The maximum Gasteiger partial charge on any atom is 0.255 e. The second kappa shape index (κ2) is 7.79. The fourth-order valence-electron chi connectivity index (χ4n) is 1.70. The van der Waals surface area contributed by atoms with Gasteiger partial charge >= 0.3 is 0 Å². The Labute approximate surface area is 118 Å². The Morgan fingerprint density at radius 3 is 2.75 bits per heavy atom. The van der Waals surface area contributed by atoms with Crippen molar-refractivity contribution in [2.24, 2.45) is 5.92 Å². The molecular formula is C14H22FN3O2. The first kappa shape index (κ1) is 16.4. The van der Waals surface area contributed by atoms with Crippen LogP contribution < -0.4 is 10.6 Å². The number of amides is 1. The molecule has 1 aromatic heterocycles. The summed E-state index contributed by atoms with van der Waals surface area (Å²) in [7, 11) is 1.64. The van der Waals surface area contributed by atoms with Gasteiger partial charge in [0.15, 0.2) is 0 Å². The molecule has 1 aromatic rings. The first-order valence-corrected chi connectivity index (χ1v) is 6.71. The number of hydrogen-bond donors (Lipinski definition) is 2. The third-order valence-electron chi connectivity index (χ3n) is 2.96. The minimum Gasteiger partial charge on any atom is -0.380 e. The van der Waals surface area contributed by atoms with Gasteiger partial charge in [-0.25, -0.2) is 9.37 Å². The van der Waals surface area contributed by atoms with Crippen LogP contribution in [0.4, 0.5) is 10.2 Å². The molecular weight excluding hydrogens is 261 g/mol. The average Bonchev–Trinajstić information content (AvgIpc) is 2.42. The van der Waals surface area contributed by atoms with Gasteiger partial charge in [0.2, 0.25) is 0 Å². The molecule has 0 spiro atoms. The summed E-state index contributed by atoms with van der Waals surface area (Å²) < 4.78 is 18.6. The monoisotopic (exact) mass is 283 g/mol. The third-order valence-corrected chi connectivity index (χ3v) is 2.96. The van der Waals surface area contributed by atoms with Crippen molar-refractivity contribution >= 4 is 11.7 Å². The van der Waals surface area contributed by atoms with Crippen LogP contribution >= 0.6 is 0 Å². The Morgan fingerprint density at radius 1 is 1.50 bits per heavy atom. The molecule has 112 valence electrons. The zero-order chi connectivity index (χ0) is 15.1. The number of anilines is 1. The molecule has 0 aliphatic rings. The highest BCUT2D eigenvalue weighted by Gasteiger charge is 2.20. The van der Waals surface area contributed by atoms with Crippen molar-refractivity contribution in [1.82, 2.24) is 10.3 Å². The van der Waals surface area contributed by atoms with Gasteiger partial charge in [0.1, 0.15) is 11.6 Å². The minimum absolute atomic E-state index is 0.129. The van der Waals surface area contributed by atoms with Crippen LogP contribution in [0.25, 0.3) is 0 Å². The summed E-state index contributed by atoms with van der Waals surface area (Å²) in [5, 5.41) is 5.64. The second-order valence-electron chi connectivity index (χ2n) is 4.78. The highest BCUT2D eigenvalue weighted by Crippen LogP contribution is 2.14. The van der Waals surface area contributed by atoms with E-state index >= 15 is 0 Å². The highest BCUT2D eigenvalue weighted by molar-refractivity contribution is 5.98. The van der Waals surface area contributed by atoms with E-state index in [4.69, 9.17) is 4.74 Å². The van der Waals surface area contributed by atoms with Gasteiger partial charge in [-0.2, -0.15) is 0 Å². The van der Waals surface area contributed by atoms with Crippen LogP contribution in [0.1, 0.15) is 31.1 Å². The van der Waals surface area contributed by atoms with Crippen LogP contribution in [0.5, 0.6) is 0 Å². The van der Waals surface area contributed by atoms with Crippen LogP contribution in [-0.4, -0.2) is 37.2 Å². The Bertz CT molecular complexity index is 452. The molecule has 0 aliphatic carbocycles. The summed E-state index contributed by atoms with van der Waals surface area (Å²) in [5.41, 5.74) is 0.189. The molecule has 1 atom stereocenters. The van der Waals surface area contributed by atoms with E-state index in [0.717, 1.165) is 6.20 Å². The fraction of sp³-hybridized carbons (Fsp3) is 0.571. The normalized spacial score (nSPS) is 12.3. The Hall–Kier alpha value is -1.69. The zero-order valence-electron chi connectivity index (χ0n) is 12.4. The van der Waals surface area contributed by atoms with Crippen LogP contribution in [0.2, 0.25) is 0 Å². The highest BCUT2D eigenvalue weighted by atomic mass is 19.1. The number of aromatic nitrogens is 1. The van der Waals surface area contributed by atoms with Gasteiger partial charge in [0.25, 0.3) is 5.91 Å². The zero-order valence-corrected chi connectivity index (χ0v) is 12.4. The van der Waals surface area contributed by atoms with Gasteiger partial charge in [0.05, 0.1) is 24.4 Å². The SMILES string of the molecule is CCOCC(NC(=O)c1cc(F)cnc1NC)C(C)C. The van der Waals surface area contributed by atoms with Gasteiger partial charge in [-0.05, 0) is 18.9 Å². The molecule has 1 heterocycles. The van der Waals surface area contributed by atoms with Crippen molar-refractivity contribution in [1.29, 1.82) is 0 Å². The van der Waals surface area contributed by atoms with E-state index in [-0.39, 0.29) is 23.4 Å². The van der Waals surface area contributed by atoms with Crippen LogP contribution in [-0.2, 0) is 4.74 Å². The first-order chi connectivity index (χ1) is 9.49. The van der Waals surface area contributed by atoms with Crippen molar-refractivity contribution in [3.8, 4) is 0 Å². The largest absolute Gasteiger partial charge is 0.380 e. The lowest BCUT2D eigenvalue weighted by Gasteiger charge is -2.22. The molecule has 5 nitrogen and oxygen atoms in total. The van der Waals surface area contributed by atoms with E-state index in [0.29, 0.717) is 19.0 Å². The summed E-state index contributed by atoms with van der Waals surface area (Å²) >= 11 is 0. The van der Waals surface area contributed by atoms with E-state index in [9.17, 15) is 9.18 Å². The molecule has 2 N–H and O–H groups in total. The summed E-state index contributed by atoms with van der Waals surface area (Å²) in [5.74, 6) is -0.340. The van der Waals surface area contributed by atoms with Crippen LogP contribution in [0, 0.1) is 11.7 Å². The van der Waals surface area contributed by atoms with Gasteiger partial charge in [-0.15, -0.1) is 0 Å². The number of carbonyl (C=O) groups is 1. The van der Waals surface area contributed by atoms with Gasteiger partial charge in [-0.1, -0.05) is 13.8 Å². The molecule has 20 heavy (non-hydrogen) atoms. The smallest absolute Gasteiger partial charge is 0.255 e. The lowest BCUT2D eigenvalue weighted by Crippen LogP contribution is -2.42. The van der Waals surface area contributed by atoms with Gasteiger partial charge in [-0.3, -0.25) is 4.79 Å². The number of ether oxygens (including phenoxy) is 1. The average molecular weight is 283 g/mol. The predicted molar refractivity (Wildman–Crippen MR) is 76.3 cm³/mol. The van der Waals surface area contributed by atoms with E-state index < -0.39 is 5.82 Å². The molecule has 1 amide bonds. The lowest BCUT2D eigenvalue weighted by molar-refractivity contribution is 0.0806. The quantitative estimate of drug-likeness (QED) is 0.804. The van der Waals surface area contributed by atoms with Crippen LogP contribution in [0.15, 0.2) is 12.3 Å². The molecule has 6 heteroatoms. The maximum atomic E-state index is 13.2. The Morgan fingerprint density at radius 2 is 2.20 bits per heavy atom. The minimum atomic E-state index is -0.542. The summed E-state index contributed by atoms with van der Waals surface area (Å²) in [4.78, 5) is 16.1. The number of nitrogens with zero attached hydrogens (tertiary/aromatic N) is 1.